The maximum Gasteiger partial charge on any atom is 0.228 e. The standard InChI is InChI=1S/C29H37N5O/c1-21(32-15-17-33(18-16-32)27-6-4-5-26-24(27)12-14-30-26)20-34(28-7-2-3-13-31-28)29(35)19-25-22-8-9-23(25)11-10-22/h2-7,12-14,21-23,25,30H,8-11,15-20H2,1H3/t21-,22?,23?,25?/m1/s1. The van der Waals surface area contributed by atoms with Crippen LogP contribution in [-0.2, 0) is 4.79 Å². The summed E-state index contributed by atoms with van der Waals surface area (Å²) >= 11 is 0. The normalized spacial score (nSPS) is 25.3. The maximum atomic E-state index is 13.6. The van der Waals surface area contributed by atoms with Gasteiger partial charge in [0.05, 0.1) is 0 Å². The second-order valence-electron chi connectivity index (χ2n) is 10.8. The summed E-state index contributed by atoms with van der Waals surface area (Å²) in [6, 6.07) is 14.9. The van der Waals surface area contributed by atoms with Crippen LogP contribution in [0.15, 0.2) is 54.9 Å². The average Bonchev–Trinajstić information content (AvgIpc) is 3.64. The second kappa shape index (κ2) is 9.65. The van der Waals surface area contributed by atoms with E-state index in [4.69, 9.17) is 0 Å². The number of carbonyl (C=O) groups excluding carboxylic acids is 1. The number of fused-ring (bicyclic) bond motifs is 3. The summed E-state index contributed by atoms with van der Waals surface area (Å²) in [5.74, 6) is 3.18. The highest BCUT2D eigenvalue weighted by atomic mass is 16.2. The van der Waals surface area contributed by atoms with E-state index in [2.05, 4.69) is 51.0 Å². The monoisotopic (exact) mass is 471 g/mol. The van der Waals surface area contributed by atoms with Crippen LogP contribution in [0, 0.1) is 17.8 Å². The number of H-pyrrole nitrogens is 1. The van der Waals surface area contributed by atoms with E-state index < -0.39 is 0 Å². The van der Waals surface area contributed by atoms with Crippen molar-refractivity contribution in [3.63, 3.8) is 0 Å². The van der Waals surface area contributed by atoms with E-state index in [9.17, 15) is 4.79 Å². The van der Waals surface area contributed by atoms with Crippen LogP contribution in [0.25, 0.3) is 10.9 Å². The van der Waals surface area contributed by atoms with Crippen molar-refractivity contribution in [2.45, 2.75) is 45.1 Å². The Balaban J connectivity index is 1.12. The largest absolute Gasteiger partial charge is 0.368 e. The Morgan fingerprint density at radius 1 is 1.03 bits per heavy atom. The minimum atomic E-state index is 0.261. The molecule has 35 heavy (non-hydrogen) atoms. The van der Waals surface area contributed by atoms with E-state index >= 15 is 0 Å². The third-order valence-electron chi connectivity index (χ3n) is 8.96. The van der Waals surface area contributed by atoms with Gasteiger partial charge in [-0.05, 0) is 80.7 Å². The molecule has 3 heterocycles. The zero-order valence-electron chi connectivity index (χ0n) is 20.8. The fourth-order valence-corrected chi connectivity index (χ4v) is 7.00. The molecule has 6 rings (SSSR count). The number of pyridine rings is 1. The third-order valence-corrected chi connectivity index (χ3v) is 8.96. The zero-order valence-corrected chi connectivity index (χ0v) is 20.8. The quantitative estimate of drug-likeness (QED) is 0.531. The molecular formula is C29H37N5O. The number of rotatable bonds is 7. The summed E-state index contributed by atoms with van der Waals surface area (Å²) in [7, 11) is 0. The SMILES string of the molecule is C[C@H](CN(C(=O)CC1C2CCC1CC2)c1ccccn1)N1CCN(c2cccc3[nH]ccc23)CC1. The van der Waals surface area contributed by atoms with Crippen molar-refractivity contribution >= 4 is 28.3 Å². The highest BCUT2D eigenvalue weighted by molar-refractivity contribution is 5.93. The highest BCUT2D eigenvalue weighted by Gasteiger charge is 2.43. The molecule has 2 bridgehead atoms. The first-order valence-electron chi connectivity index (χ1n) is 13.4. The van der Waals surface area contributed by atoms with Gasteiger partial charge in [0, 0.05) is 74.2 Å². The molecular weight excluding hydrogens is 434 g/mol. The number of nitrogens with one attached hydrogen (secondary N) is 1. The van der Waals surface area contributed by atoms with E-state index in [0.717, 1.165) is 43.8 Å². The van der Waals surface area contributed by atoms with Crippen LogP contribution in [0.4, 0.5) is 11.5 Å². The number of hydrogen-bond donors (Lipinski definition) is 1. The Bertz CT molecular complexity index is 1130. The third kappa shape index (κ3) is 4.44. The van der Waals surface area contributed by atoms with Crippen LogP contribution in [0.2, 0.25) is 0 Å². The molecule has 1 atom stereocenters. The van der Waals surface area contributed by atoms with Gasteiger partial charge in [0.15, 0.2) is 0 Å². The van der Waals surface area contributed by atoms with E-state index in [1.165, 1.54) is 42.3 Å². The lowest BCUT2D eigenvalue weighted by molar-refractivity contribution is -0.120. The van der Waals surface area contributed by atoms with Crippen molar-refractivity contribution in [3.05, 3.63) is 54.9 Å². The van der Waals surface area contributed by atoms with Crippen molar-refractivity contribution in [3.8, 4) is 0 Å². The Hall–Kier alpha value is -2.86. The summed E-state index contributed by atoms with van der Waals surface area (Å²) in [4.78, 5) is 28.6. The predicted molar refractivity (Wildman–Crippen MR) is 142 cm³/mol. The summed E-state index contributed by atoms with van der Waals surface area (Å²) < 4.78 is 0. The highest BCUT2D eigenvalue weighted by Crippen LogP contribution is 2.51. The Kier molecular flexibility index (Phi) is 6.23. The molecule has 1 saturated heterocycles. The summed E-state index contributed by atoms with van der Waals surface area (Å²) in [5, 5.41) is 1.29. The first-order chi connectivity index (χ1) is 17.2. The average molecular weight is 472 g/mol. The number of piperazine rings is 1. The number of anilines is 2. The van der Waals surface area contributed by atoms with Gasteiger partial charge in [-0.2, -0.15) is 0 Å². The number of amides is 1. The summed E-state index contributed by atoms with van der Waals surface area (Å²) in [6.45, 7) is 6.96. The van der Waals surface area contributed by atoms with Crippen LogP contribution >= 0.6 is 0 Å². The fourth-order valence-electron chi connectivity index (χ4n) is 7.00. The molecule has 1 aromatic carbocycles. The molecule has 3 aliphatic rings. The summed E-state index contributed by atoms with van der Waals surface area (Å²) in [6.07, 6.45) is 9.80. The number of hydrogen-bond acceptors (Lipinski definition) is 4. The minimum absolute atomic E-state index is 0.261. The molecule has 1 N–H and O–H groups in total. The van der Waals surface area contributed by atoms with Gasteiger partial charge in [-0.3, -0.25) is 14.6 Å². The lowest BCUT2D eigenvalue weighted by atomic mass is 9.93. The van der Waals surface area contributed by atoms with Crippen molar-refractivity contribution < 1.29 is 4.79 Å². The Morgan fingerprint density at radius 2 is 1.80 bits per heavy atom. The predicted octanol–water partition coefficient (Wildman–Crippen LogP) is 4.93. The first kappa shape index (κ1) is 22.6. The number of aromatic nitrogens is 2. The second-order valence-corrected chi connectivity index (χ2v) is 10.8. The van der Waals surface area contributed by atoms with Gasteiger partial charge in [0.25, 0.3) is 0 Å². The number of carbonyl (C=O) groups is 1. The molecule has 3 fully saturated rings. The van der Waals surface area contributed by atoms with Crippen LogP contribution in [0.1, 0.15) is 39.0 Å². The molecule has 2 saturated carbocycles. The van der Waals surface area contributed by atoms with Crippen molar-refractivity contribution in [1.82, 2.24) is 14.9 Å². The lowest BCUT2D eigenvalue weighted by Crippen LogP contribution is -2.53. The van der Waals surface area contributed by atoms with Crippen LogP contribution < -0.4 is 9.80 Å². The Morgan fingerprint density at radius 3 is 2.51 bits per heavy atom. The maximum absolute atomic E-state index is 13.6. The Labute approximate surface area is 208 Å². The van der Waals surface area contributed by atoms with Crippen molar-refractivity contribution in [2.24, 2.45) is 17.8 Å². The molecule has 0 unspecified atom stereocenters. The fraction of sp³-hybridized carbons (Fsp3) is 0.517. The van der Waals surface area contributed by atoms with Crippen LogP contribution in [0.3, 0.4) is 0 Å². The molecule has 6 heteroatoms. The van der Waals surface area contributed by atoms with E-state index in [0.29, 0.717) is 18.9 Å². The van der Waals surface area contributed by atoms with E-state index in [-0.39, 0.29) is 11.9 Å². The van der Waals surface area contributed by atoms with Gasteiger partial charge >= 0.3 is 0 Å². The molecule has 0 radical (unpaired) electrons. The van der Waals surface area contributed by atoms with Gasteiger partial charge in [0.1, 0.15) is 5.82 Å². The lowest BCUT2D eigenvalue weighted by Gasteiger charge is -2.40. The molecule has 1 aliphatic heterocycles. The smallest absolute Gasteiger partial charge is 0.228 e. The van der Waals surface area contributed by atoms with Gasteiger partial charge in [-0.15, -0.1) is 0 Å². The van der Waals surface area contributed by atoms with Crippen molar-refractivity contribution in [1.29, 1.82) is 0 Å². The van der Waals surface area contributed by atoms with E-state index in [1.54, 1.807) is 6.20 Å². The topological polar surface area (TPSA) is 55.5 Å². The molecule has 1 amide bonds. The number of nitrogens with zero attached hydrogens (tertiary/aromatic N) is 4. The first-order valence-corrected chi connectivity index (χ1v) is 13.4. The van der Waals surface area contributed by atoms with E-state index in [1.807, 2.05) is 29.3 Å². The molecule has 184 valence electrons. The number of aromatic amines is 1. The van der Waals surface area contributed by atoms with Gasteiger partial charge < -0.3 is 9.88 Å². The van der Waals surface area contributed by atoms with Crippen LogP contribution in [-0.4, -0.2) is 59.5 Å². The zero-order chi connectivity index (χ0) is 23.8. The molecule has 0 spiro atoms. The molecule has 3 aromatic rings. The minimum Gasteiger partial charge on any atom is -0.368 e. The van der Waals surface area contributed by atoms with Gasteiger partial charge in [-0.25, -0.2) is 4.98 Å². The van der Waals surface area contributed by atoms with Crippen LogP contribution in [0.5, 0.6) is 0 Å². The molecule has 2 aromatic heterocycles. The molecule has 2 aliphatic carbocycles. The van der Waals surface area contributed by atoms with Gasteiger partial charge in [-0.1, -0.05) is 12.1 Å². The van der Waals surface area contributed by atoms with Gasteiger partial charge in [0.2, 0.25) is 5.91 Å². The van der Waals surface area contributed by atoms with Crippen molar-refractivity contribution in [2.75, 3.05) is 42.5 Å². The number of benzene rings is 1. The summed E-state index contributed by atoms with van der Waals surface area (Å²) in [5.41, 5.74) is 2.51. The molecule has 6 nitrogen and oxygen atoms in total.